The molecule has 100 valence electrons. The molecule has 0 radical (unpaired) electrons. The molecule has 0 saturated heterocycles. The van der Waals surface area contributed by atoms with Crippen LogP contribution in [0.2, 0.25) is 5.15 Å². The first-order valence-corrected chi connectivity index (χ1v) is 7.60. The van der Waals surface area contributed by atoms with Crippen LogP contribution in [0.5, 0.6) is 0 Å². The summed E-state index contributed by atoms with van der Waals surface area (Å²) < 4.78 is 22.3. The molecule has 0 saturated carbocycles. The zero-order valence-corrected chi connectivity index (χ0v) is 11.8. The smallest absolute Gasteiger partial charge is 0.156 e. The maximum Gasteiger partial charge on any atom is 0.156 e. The van der Waals surface area contributed by atoms with Gasteiger partial charge in [-0.15, -0.1) is 0 Å². The van der Waals surface area contributed by atoms with Crippen LogP contribution in [0.4, 0.5) is 5.82 Å². The second-order valence-electron chi connectivity index (χ2n) is 4.08. The molecule has 1 N–H and O–H groups in total. The van der Waals surface area contributed by atoms with E-state index >= 15 is 0 Å². The number of carbonyl (C=O) groups excluding carboxylic acids is 1. The van der Waals surface area contributed by atoms with Crippen molar-refractivity contribution < 1.29 is 13.2 Å². The first-order valence-electron chi connectivity index (χ1n) is 5.16. The number of hydrogen-bond acceptors (Lipinski definition) is 6. The van der Waals surface area contributed by atoms with Crippen LogP contribution < -0.4 is 5.32 Å². The summed E-state index contributed by atoms with van der Waals surface area (Å²) in [5, 5.41) is 2.90. The van der Waals surface area contributed by atoms with E-state index < -0.39 is 9.84 Å². The Hall–Kier alpha value is -1.21. The Morgan fingerprint density at radius 2 is 2.06 bits per heavy atom. The van der Waals surface area contributed by atoms with Crippen molar-refractivity contribution in [2.45, 2.75) is 19.9 Å². The van der Waals surface area contributed by atoms with Gasteiger partial charge in [-0.1, -0.05) is 11.6 Å². The molecule has 1 rings (SSSR count). The number of aldehydes is 1. The third kappa shape index (κ3) is 4.23. The molecule has 1 aromatic heterocycles. The van der Waals surface area contributed by atoms with Crippen LogP contribution in [-0.4, -0.2) is 42.7 Å². The van der Waals surface area contributed by atoms with Gasteiger partial charge in [0.1, 0.15) is 26.6 Å². The lowest BCUT2D eigenvalue weighted by molar-refractivity contribution is 0.112. The van der Waals surface area contributed by atoms with Crippen molar-refractivity contribution in [3.05, 3.63) is 16.5 Å². The molecule has 0 amide bonds. The summed E-state index contributed by atoms with van der Waals surface area (Å²) in [4.78, 5) is 18.8. The molecule has 18 heavy (non-hydrogen) atoms. The molecule has 1 heterocycles. The van der Waals surface area contributed by atoms with Crippen LogP contribution in [0.3, 0.4) is 0 Å². The minimum absolute atomic E-state index is 0.0477. The van der Waals surface area contributed by atoms with Gasteiger partial charge in [-0.05, 0) is 13.8 Å². The fourth-order valence-electron chi connectivity index (χ4n) is 1.49. The third-order valence-corrected chi connectivity index (χ3v) is 3.46. The van der Waals surface area contributed by atoms with Crippen LogP contribution in [0.15, 0.2) is 0 Å². The summed E-state index contributed by atoms with van der Waals surface area (Å²) in [5.41, 5.74) is 0.127. The van der Waals surface area contributed by atoms with E-state index in [4.69, 9.17) is 11.6 Å². The monoisotopic (exact) mass is 291 g/mol. The molecule has 0 fully saturated rings. The Bertz CT molecular complexity index is 560. The predicted octanol–water partition coefficient (Wildman–Crippen LogP) is 1.10. The van der Waals surface area contributed by atoms with Gasteiger partial charge in [0.25, 0.3) is 0 Å². The summed E-state index contributed by atoms with van der Waals surface area (Å²) in [6.07, 6.45) is 1.68. The highest BCUT2D eigenvalue weighted by Crippen LogP contribution is 2.19. The Labute approximate surface area is 111 Å². The number of nitrogens with one attached hydrogen (secondary N) is 1. The second kappa shape index (κ2) is 5.62. The standard InChI is InChI=1S/C10H14ClN3O3S/c1-6(5-18(3,16)17)12-10-8(4-15)9(11)13-7(2)14-10/h4,6H,5H2,1-3H3,(H,12,13,14). The Morgan fingerprint density at radius 3 is 2.56 bits per heavy atom. The summed E-state index contributed by atoms with van der Waals surface area (Å²) in [5.74, 6) is 0.588. The molecule has 0 aliphatic heterocycles. The molecule has 0 bridgehead atoms. The van der Waals surface area contributed by atoms with Crippen molar-refractivity contribution in [2.75, 3.05) is 17.3 Å². The second-order valence-corrected chi connectivity index (χ2v) is 6.62. The van der Waals surface area contributed by atoms with Gasteiger partial charge < -0.3 is 5.32 Å². The van der Waals surface area contributed by atoms with Crippen molar-refractivity contribution in [1.82, 2.24) is 9.97 Å². The zero-order valence-electron chi connectivity index (χ0n) is 10.3. The normalized spacial score (nSPS) is 13.1. The van der Waals surface area contributed by atoms with Crippen molar-refractivity contribution in [2.24, 2.45) is 0 Å². The maximum absolute atomic E-state index is 11.2. The van der Waals surface area contributed by atoms with Gasteiger partial charge in [-0.3, -0.25) is 4.79 Å². The number of halogens is 1. The first kappa shape index (κ1) is 14.8. The van der Waals surface area contributed by atoms with E-state index in [-0.39, 0.29) is 28.3 Å². The summed E-state index contributed by atoms with van der Waals surface area (Å²) in [6.45, 7) is 3.31. The van der Waals surface area contributed by atoms with E-state index in [9.17, 15) is 13.2 Å². The number of aryl methyl sites for hydroxylation is 1. The topological polar surface area (TPSA) is 89.0 Å². The molecule has 1 unspecified atom stereocenters. The molecule has 8 heteroatoms. The van der Waals surface area contributed by atoms with E-state index in [1.807, 2.05) is 0 Å². The van der Waals surface area contributed by atoms with Crippen LogP contribution in [0.1, 0.15) is 23.1 Å². The molecule has 1 aromatic rings. The van der Waals surface area contributed by atoms with E-state index in [0.717, 1.165) is 6.26 Å². The van der Waals surface area contributed by atoms with Crippen molar-refractivity contribution in [3.63, 3.8) is 0 Å². The van der Waals surface area contributed by atoms with E-state index in [1.54, 1.807) is 13.8 Å². The number of sulfone groups is 1. The summed E-state index contributed by atoms with van der Waals surface area (Å²) >= 11 is 5.81. The van der Waals surface area contributed by atoms with Gasteiger partial charge in [0.05, 0.1) is 11.3 Å². The molecule has 6 nitrogen and oxygen atoms in total. The minimum Gasteiger partial charge on any atom is -0.366 e. The average Bonchev–Trinajstić information content (AvgIpc) is 2.13. The quantitative estimate of drug-likeness (QED) is 0.645. The number of hydrogen-bond donors (Lipinski definition) is 1. The number of anilines is 1. The number of aromatic nitrogens is 2. The SMILES string of the molecule is Cc1nc(Cl)c(C=O)c(NC(C)CS(C)(=O)=O)n1. The number of rotatable bonds is 5. The highest BCUT2D eigenvalue weighted by molar-refractivity contribution is 7.90. The van der Waals surface area contributed by atoms with Crippen LogP contribution in [0, 0.1) is 6.92 Å². The lowest BCUT2D eigenvalue weighted by Gasteiger charge is -2.15. The molecular weight excluding hydrogens is 278 g/mol. The molecule has 0 spiro atoms. The van der Waals surface area contributed by atoms with Crippen LogP contribution in [0.25, 0.3) is 0 Å². The fourth-order valence-corrected chi connectivity index (χ4v) is 2.74. The highest BCUT2D eigenvalue weighted by atomic mass is 35.5. The van der Waals surface area contributed by atoms with Crippen molar-refractivity contribution in [3.8, 4) is 0 Å². The molecular formula is C10H14ClN3O3S. The molecule has 0 aromatic carbocycles. The fraction of sp³-hybridized carbons (Fsp3) is 0.500. The molecule has 0 aliphatic rings. The lowest BCUT2D eigenvalue weighted by atomic mass is 10.3. The Morgan fingerprint density at radius 1 is 1.44 bits per heavy atom. The largest absolute Gasteiger partial charge is 0.366 e. The van der Waals surface area contributed by atoms with Crippen molar-refractivity contribution >= 4 is 33.5 Å². The Balaban J connectivity index is 3.00. The van der Waals surface area contributed by atoms with Crippen LogP contribution >= 0.6 is 11.6 Å². The van der Waals surface area contributed by atoms with Gasteiger partial charge in [-0.25, -0.2) is 18.4 Å². The third-order valence-electron chi connectivity index (χ3n) is 2.06. The van der Waals surface area contributed by atoms with E-state index in [1.165, 1.54) is 0 Å². The van der Waals surface area contributed by atoms with Gasteiger partial charge in [0, 0.05) is 12.3 Å². The predicted molar refractivity (Wildman–Crippen MR) is 70.0 cm³/mol. The van der Waals surface area contributed by atoms with Crippen molar-refractivity contribution in [1.29, 1.82) is 0 Å². The molecule has 1 atom stereocenters. The zero-order chi connectivity index (χ0) is 13.9. The highest BCUT2D eigenvalue weighted by Gasteiger charge is 2.15. The van der Waals surface area contributed by atoms with Gasteiger partial charge in [0.15, 0.2) is 6.29 Å². The molecule has 0 aliphatic carbocycles. The maximum atomic E-state index is 11.2. The minimum atomic E-state index is -3.11. The lowest BCUT2D eigenvalue weighted by Crippen LogP contribution is -2.26. The van der Waals surface area contributed by atoms with Crippen LogP contribution in [-0.2, 0) is 9.84 Å². The average molecular weight is 292 g/mol. The van der Waals surface area contributed by atoms with E-state index in [0.29, 0.717) is 12.1 Å². The van der Waals surface area contributed by atoms with Gasteiger partial charge >= 0.3 is 0 Å². The van der Waals surface area contributed by atoms with Gasteiger partial charge in [-0.2, -0.15) is 0 Å². The number of nitrogens with zero attached hydrogens (tertiary/aromatic N) is 2. The van der Waals surface area contributed by atoms with E-state index in [2.05, 4.69) is 15.3 Å². The van der Waals surface area contributed by atoms with Gasteiger partial charge in [0.2, 0.25) is 0 Å². The number of carbonyl (C=O) groups is 1. The Kier molecular flexibility index (Phi) is 4.64. The first-order chi connectivity index (χ1) is 8.23. The summed E-state index contributed by atoms with van der Waals surface area (Å²) in [6, 6.07) is -0.385. The summed E-state index contributed by atoms with van der Waals surface area (Å²) in [7, 11) is -3.11.